The van der Waals surface area contributed by atoms with Crippen molar-refractivity contribution < 1.29 is 27.9 Å². The molecule has 0 saturated carbocycles. The quantitative estimate of drug-likeness (QED) is 0.280. The number of benzene rings is 2. The Morgan fingerprint density at radius 3 is 2.51 bits per heavy atom. The van der Waals surface area contributed by atoms with Crippen LogP contribution in [0.5, 0.6) is 0 Å². The predicted octanol–water partition coefficient (Wildman–Crippen LogP) is 4.73. The molecule has 0 unspecified atom stereocenters. The average Bonchev–Trinajstić information content (AvgIpc) is 3.30. The zero-order valence-corrected chi connectivity index (χ0v) is 19.5. The van der Waals surface area contributed by atoms with Crippen molar-refractivity contribution in [1.82, 2.24) is 19.7 Å². The molecule has 190 valence electrons. The van der Waals surface area contributed by atoms with Crippen LogP contribution in [0.15, 0.2) is 60.9 Å². The highest BCUT2D eigenvalue weighted by Crippen LogP contribution is 2.30. The number of aryl methyl sites for hydroxylation is 1. The summed E-state index contributed by atoms with van der Waals surface area (Å²) in [5, 5.41) is 22.1. The minimum Gasteiger partial charge on any atom is -0.476 e. The minimum absolute atomic E-state index is 0.154. The van der Waals surface area contributed by atoms with Gasteiger partial charge in [0.15, 0.2) is 11.5 Å². The summed E-state index contributed by atoms with van der Waals surface area (Å²) >= 11 is 0. The van der Waals surface area contributed by atoms with Gasteiger partial charge < -0.3 is 21.1 Å². The highest BCUT2D eigenvalue weighted by molar-refractivity contribution is 6.04. The van der Waals surface area contributed by atoms with Crippen molar-refractivity contribution in [3.63, 3.8) is 0 Å². The molecule has 0 bridgehead atoms. The molecule has 0 spiro atoms. The number of aromatic nitrogens is 4. The number of hydrogen-bond donors (Lipinski definition) is 4. The summed E-state index contributed by atoms with van der Waals surface area (Å²) in [5.41, 5.74) is 0.208. The van der Waals surface area contributed by atoms with Crippen LogP contribution in [0.4, 0.5) is 36.2 Å². The largest absolute Gasteiger partial charge is 0.476 e. The molecule has 4 aromatic rings. The molecule has 37 heavy (non-hydrogen) atoms. The zero-order chi connectivity index (χ0) is 26.7. The molecule has 4 rings (SSSR count). The van der Waals surface area contributed by atoms with Crippen LogP contribution in [-0.2, 0) is 6.18 Å². The lowest BCUT2D eigenvalue weighted by atomic mass is 10.1. The average molecular weight is 511 g/mol. The van der Waals surface area contributed by atoms with Crippen LogP contribution in [0.25, 0.3) is 5.82 Å². The fourth-order valence-corrected chi connectivity index (χ4v) is 3.36. The van der Waals surface area contributed by atoms with Crippen LogP contribution >= 0.6 is 0 Å². The monoisotopic (exact) mass is 511 g/mol. The molecule has 2 aromatic carbocycles. The Morgan fingerprint density at radius 2 is 1.81 bits per heavy atom. The van der Waals surface area contributed by atoms with E-state index < -0.39 is 23.6 Å². The Labute approximate surface area is 208 Å². The molecule has 10 nitrogen and oxygen atoms in total. The number of carbonyl (C=O) groups excluding carboxylic acids is 1. The van der Waals surface area contributed by atoms with E-state index in [1.54, 1.807) is 38.2 Å². The Morgan fingerprint density at radius 1 is 1.03 bits per heavy atom. The van der Waals surface area contributed by atoms with Gasteiger partial charge in [0.25, 0.3) is 5.91 Å². The number of aromatic carboxylic acids is 1. The third kappa shape index (κ3) is 5.66. The molecule has 0 saturated heterocycles. The summed E-state index contributed by atoms with van der Waals surface area (Å²) in [4.78, 5) is 32.4. The lowest BCUT2D eigenvalue weighted by molar-refractivity contribution is -0.137. The van der Waals surface area contributed by atoms with E-state index in [0.29, 0.717) is 23.0 Å². The number of halogens is 3. The van der Waals surface area contributed by atoms with Gasteiger partial charge in [-0.25, -0.2) is 14.8 Å². The van der Waals surface area contributed by atoms with Crippen LogP contribution in [0.3, 0.4) is 0 Å². The van der Waals surface area contributed by atoms with E-state index in [2.05, 4.69) is 31.0 Å². The molecular formula is C24H20F3N7O3. The van der Waals surface area contributed by atoms with Gasteiger partial charge in [0.2, 0.25) is 0 Å². The summed E-state index contributed by atoms with van der Waals surface area (Å²) in [6, 6.07) is 11.8. The van der Waals surface area contributed by atoms with Crippen molar-refractivity contribution in [3.8, 4) is 5.82 Å². The van der Waals surface area contributed by atoms with E-state index in [9.17, 15) is 27.9 Å². The fourth-order valence-electron chi connectivity index (χ4n) is 3.36. The highest BCUT2D eigenvalue weighted by Gasteiger charge is 2.31. The number of rotatable bonds is 7. The molecular weight excluding hydrogens is 491 g/mol. The zero-order valence-electron chi connectivity index (χ0n) is 19.5. The molecule has 0 aliphatic carbocycles. The second-order valence-electron chi connectivity index (χ2n) is 7.83. The molecule has 0 fully saturated rings. The molecule has 1 amide bonds. The predicted molar refractivity (Wildman–Crippen MR) is 130 cm³/mol. The van der Waals surface area contributed by atoms with E-state index in [1.165, 1.54) is 23.1 Å². The second kappa shape index (κ2) is 9.97. The first-order valence-electron chi connectivity index (χ1n) is 10.7. The molecule has 2 heterocycles. The van der Waals surface area contributed by atoms with Gasteiger partial charge in [-0.3, -0.25) is 4.79 Å². The van der Waals surface area contributed by atoms with E-state index in [-0.39, 0.29) is 17.1 Å². The number of nitrogens with one attached hydrogen (secondary N) is 3. The SMILES string of the molecule is CNc1cc(-n2nc(C(=O)O)cc2Nc2cc(NC(=O)c3cccc(C(F)(F)F)c3)ccc2C)ncn1. The maximum atomic E-state index is 13.0. The summed E-state index contributed by atoms with van der Waals surface area (Å²) in [7, 11) is 1.67. The van der Waals surface area contributed by atoms with Gasteiger partial charge in [-0.05, 0) is 42.8 Å². The summed E-state index contributed by atoms with van der Waals surface area (Å²) in [6.45, 7) is 1.78. The smallest absolute Gasteiger partial charge is 0.416 e. The number of carboxylic acid groups (broad SMARTS) is 1. The minimum atomic E-state index is -4.58. The number of hydrogen-bond acceptors (Lipinski definition) is 7. The Balaban J connectivity index is 1.64. The van der Waals surface area contributed by atoms with Gasteiger partial charge in [0.1, 0.15) is 18.0 Å². The van der Waals surface area contributed by atoms with Crippen molar-refractivity contribution >= 4 is 34.9 Å². The first-order valence-corrected chi connectivity index (χ1v) is 10.7. The van der Waals surface area contributed by atoms with Gasteiger partial charge in [-0.15, -0.1) is 0 Å². The van der Waals surface area contributed by atoms with Gasteiger partial charge in [-0.2, -0.15) is 23.0 Å². The van der Waals surface area contributed by atoms with Gasteiger partial charge in [-0.1, -0.05) is 12.1 Å². The van der Waals surface area contributed by atoms with E-state index in [0.717, 1.165) is 23.8 Å². The Hall–Kier alpha value is -4.94. The summed E-state index contributed by atoms with van der Waals surface area (Å²) in [6.07, 6.45) is -3.28. The van der Waals surface area contributed by atoms with Crippen molar-refractivity contribution in [1.29, 1.82) is 0 Å². The second-order valence-corrected chi connectivity index (χ2v) is 7.83. The molecule has 0 aliphatic rings. The third-order valence-corrected chi connectivity index (χ3v) is 5.26. The van der Waals surface area contributed by atoms with Crippen molar-refractivity contribution in [2.75, 3.05) is 23.0 Å². The van der Waals surface area contributed by atoms with Crippen molar-refractivity contribution in [2.24, 2.45) is 0 Å². The Bertz CT molecular complexity index is 1480. The van der Waals surface area contributed by atoms with E-state index in [1.807, 2.05) is 0 Å². The molecule has 2 aromatic heterocycles. The molecule has 0 radical (unpaired) electrons. The lowest BCUT2D eigenvalue weighted by Gasteiger charge is -2.14. The van der Waals surface area contributed by atoms with Crippen LogP contribution in [0, 0.1) is 6.92 Å². The van der Waals surface area contributed by atoms with Crippen LogP contribution in [0.1, 0.15) is 32.0 Å². The maximum absolute atomic E-state index is 13.0. The standard InChI is InChI=1S/C24H20F3N7O3/c1-13-6-7-16(31-22(35)14-4-3-5-15(8-14)24(25,26)27)9-17(13)32-21-10-18(23(36)37)33-34(21)20-11-19(28-2)29-12-30-20/h3-12,32H,1-2H3,(H,31,35)(H,36,37)(H,28,29,30). The highest BCUT2D eigenvalue weighted by atomic mass is 19.4. The molecule has 0 atom stereocenters. The lowest BCUT2D eigenvalue weighted by Crippen LogP contribution is -2.14. The van der Waals surface area contributed by atoms with E-state index >= 15 is 0 Å². The van der Waals surface area contributed by atoms with Crippen LogP contribution in [0.2, 0.25) is 0 Å². The summed E-state index contributed by atoms with van der Waals surface area (Å²) in [5.74, 6) is -0.925. The fraction of sp³-hybridized carbons (Fsp3) is 0.125. The topological polar surface area (TPSA) is 134 Å². The number of alkyl halides is 3. The number of anilines is 4. The van der Waals surface area contributed by atoms with Gasteiger partial charge >= 0.3 is 12.1 Å². The normalized spacial score (nSPS) is 11.2. The maximum Gasteiger partial charge on any atom is 0.416 e. The van der Waals surface area contributed by atoms with Gasteiger partial charge in [0.05, 0.1) is 5.56 Å². The number of nitrogens with zero attached hydrogens (tertiary/aromatic N) is 4. The van der Waals surface area contributed by atoms with Crippen LogP contribution < -0.4 is 16.0 Å². The molecule has 4 N–H and O–H groups in total. The number of carbonyl (C=O) groups is 2. The third-order valence-electron chi connectivity index (χ3n) is 5.26. The first-order chi connectivity index (χ1) is 17.5. The first kappa shape index (κ1) is 25.2. The number of amides is 1. The molecule has 13 heteroatoms. The Kier molecular flexibility index (Phi) is 6.78. The van der Waals surface area contributed by atoms with Crippen molar-refractivity contribution in [2.45, 2.75) is 13.1 Å². The molecule has 0 aliphatic heterocycles. The summed E-state index contributed by atoms with van der Waals surface area (Å²) < 4.78 is 40.3. The van der Waals surface area contributed by atoms with Crippen LogP contribution in [-0.4, -0.2) is 43.8 Å². The van der Waals surface area contributed by atoms with Gasteiger partial charge in [0, 0.05) is 36.1 Å². The van der Waals surface area contributed by atoms with E-state index in [4.69, 9.17) is 0 Å². The van der Waals surface area contributed by atoms with Crippen molar-refractivity contribution in [3.05, 3.63) is 83.3 Å². The number of carboxylic acids is 1.